The Hall–Kier alpha value is -5.91. The molecule has 0 spiro atoms. The van der Waals surface area contributed by atoms with Gasteiger partial charge in [0.25, 0.3) is 11.8 Å². The molecule has 0 aliphatic heterocycles. The molecule has 10 N–H and O–H groups in total. The zero-order chi connectivity index (χ0) is 48.1. The van der Waals surface area contributed by atoms with Gasteiger partial charge in [0.1, 0.15) is 12.1 Å². The maximum absolute atomic E-state index is 12.4. The summed E-state index contributed by atoms with van der Waals surface area (Å²) in [6.07, 6.45) is 3.23. The average molecular weight is 926 g/mol. The molecule has 1 aromatic rings. The maximum atomic E-state index is 12.4. The summed E-state index contributed by atoms with van der Waals surface area (Å²) in [7, 11) is 0. The molecule has 366 valence electrons. The highest BCUT2D eigenvalue weighted by molar-refractivity contribution is 5.97. The zero-order valence-corrected chi connectivity index (χ0v) is 37.1. The van der Waals surface area contributed by atoms with E-state index in [2.05, 4.69) is 31.9 Å². The lowest BCUT2D eigenvalue weighted by Crippen LogP contribution is -2.51. The number of amides is 7. The van der Waals surface area contributed by atoms with Crippen molar-refractivity contribution in [3.8, 4) is 0 Å². The molecule has 0 radical (unpaired) electrons. The normalized spacial score (nSPS) is 11.6. The Morgan fingerprint density at radius 2 is 0.846 bits per heavy atom. The van der Waals surface area contributed by atoms with E-state index in [9.17, 15) is 48.3 Å². The molecule has 0 fully saturated rings. The number of carboxylic acids is 3. The van der Waals surface area contributed by atoms with Crippen LogP contribution in [0.4, 0.5) is 4.79 Å². The van der Waals surface area contributed by atoms with Gasteiger partial charge in [-0.05, 0) is 49.9 Å². The fourth-order valence-corrected chi connectivity index (χ4v) is 5.51. The standard InChI is InChI=1S/C42H67N7O16/c1-2-34(50)44-18-22-62-26-28-64-24-20-46-38(55)30-9-11-31(12-10-30)39(56)47-21-25-65-29-27-63-23-19-45-35(51)8-6-4-3-5-7-17-43-36(52)15-13-32(40(57)58)48-42(61)49-33(41(59)60)14-16-37(53)54/h9-12,32-33H,2-8,13-29H2,1H3,(H,43,52)(H,44,50)(H,45,51)(H,46,55)(H,47,56)(H,53,54)(H,57,58)(H,59,60)(H2,48,49,61). The minimum atomic E-state index is -1.53. The monoisotopic (exact) mass is 925 g/mol. The number of nitrogens with one attached hydrogen (secondary N) is 7. The molecule has 0 saturated carbocycles. The van der Waals surface area contributed by atoms with E-state index in [0.717, 1.165) is 19.3 Å². The number of ether oxygens (including phenoxy) is 4. The molecule has 23 heteroatoms. The molecule has 2 atom stereocenters. The van der Waals surface area contributed by atoms with Gasteiger partial charge in [0.05, 0.1) is 52.9 Å². The van der Waals surface area contributed by atoms with Crippen LogP contribution in [0.5, 0.6) is 0 Å². The first-order valence-electron chi connectivity index (χ1n) is 21.7. The molecule has 1 rings (SSSR count). The Bertz CT molecular complexity index is 1620. The molecule has 0 saturated heterocycles. The largest absolute Gasteiger partial charge is 0.481 e. The van der Waals surface area contributed by atoms with Crippen molar-refractivity contribution in [1.82, 2.24) is 37.2 Å². The molecule has 0 bridgehead atoms. The van der Waals surface area contributed by atoms with Crippen LogP contribution < -0.4 is 37.2 Å². The highest BCUT2D eigenvalue weighted by Gasteiger charge is 2.25. The molecule has 2 unspecified atom stereocenters. The van der Waals surface area contributed by atoms with Crippen LogP contribution in [0.2, 0.25) is 0 Å². The Balaban J connectivity index is 2.01. The number of hydrogen-bond donors (Lipinski definition) is 10. The number of urea groups is 1. The third kappa shape index (κ3) is 30.8. The third-order valence-electron chi connectivity index (χ3n) is 9.09. The van der Waals surface area contributed by atoms with Crippen molar-refractivity contribution in [1.29, 1.82) is 0 Å². The Kier molecular flexibility index (Phi) is 32.0. The number of carbonyl (C=O) groups excluding carboxylic acids is 6. The fourth-order valence-electron chi connectivity index (χ4n) is 5.51. The summed E-state index contributed by atoms with van der Waals surface area (Å²) in [6.45, 7) is 6.13. The SMILES string of the molecule is CCC(=O)NCCOCCOCCNC(=O)c1ccc(C(=O)NCCOCCOCCNC(=O)CCCCCCCNC(=O)CCC(NC(=O)NC(CCC(=O)O)C(=O)O)C(=O)O)cc1. The Morgan fingerprint density at radius 1 is 0.462 bits per heavy atom. The van der Waals surface area contributed by atoms with E-state index in [0.29, 0.717) is 109 Å². The third-order valence-corrected chi connectivity index (χ3v) is 9.09. The lowest BCUT2D eigenvalue weighted by atomic mass is 10.1. The minimum Gasteiger partial charge on any atom is -0.481 e. The van der Waals surface area contributed by atoms with E-state index in [1.807, 2.05) is 5.32 Å². The van der Waals surface area contributed by atoms with Crippen LogP contribution in [0, 0.1) is 0 Å². The van der Waals surface area contributed by atoms with Crippen LogP contribution in [0.25, 0.3) is 0 Å². The summed E-state index contributed by atoms with van der Waals surface area (Å²) in [5.74, 6) is -5.30. The molecule has 0 aliphatic rings. The van der Waals surface area contributed by atoms with Gasteiger partial charge in [-0.3, -0.25) is 28.8 Å². The van der Waals surface area contributed by atoms with Gasteiger partial charge < -0.3 is 71.5 Å². The highest BCUT2D eigenvalue weighted by Crippen LogP contribution is 2.07. The van der Waals surface area contributed by atoms with Crippen molar-refractivity contribution in [3.63, 3.8) is 0 Å². The summed E-state index contributed by atoms with van der Waals surface area (Å²) in [5, 5.41) is 45.0. The zero-order valence-electron chi connectivity index (χ0n) is 37.1. The van der Waals surface area contributed by atoms with E-state index in [4.69, 9.17) is 29.2 Å². The summed E-state index contributed by atoms with van der Waals surface area (Å²) < 4.78 is 21.7. The second-order valence-corrected chi connectivity index (χ2v) is 14.3. The predicted octanol–water partition coefficient (Wildman–Crippen LogP) is 0.162. The van der Waals surface area contributed by atoms with Crippen molar-refractivity contribution in [2.24, 2.45) is 0 Å². The molecule has 0 aliphatic carbocycles. The summed E-state index contributed by atoms with van der Waals surface area (Å²) >= 11 is 0. The van der Waals surface area contributed by atoms with Crippen molar-refractivity contribution in [2.75, 3.05) is 85.6 Å². The average Bonchev–Trinajstić information content (AvgIpc) is 3.27. The van der Waals surface area contributed by atoms with Gasteiger partial charge in [0, 0.05) is 69.5 Å². The Morgan fingerprint density at radius 3 is 1.29 bits per heavy atom. The molecule has 0 heterocycles. The maximum Gasteiger partial charge on any atom is 0.326 e. The lowest BCUT2D eigenvalue weighted by Gasteiger charge is -2.18. The number of benzene rings is 1. The first-order valence-corrected chi connectivity index (χ1v) is 21.7. The molecule has 0 aromatic heterocycles. The van der Waals surface area contributed by atoms with Gasteiger partial charge in [-0.25, -0.2) is 14.4 Å². The number of hydrogen-bond acceptors (Lipinski definition) is 13. The number of aliphatic carboxylic acids is 3. The van der Waals surface area contributed by atoms with Gasteiger partial charge in [0.2, 0.25) is 17.7 Å². The van der Waals surface area contributed by atoms with E-state index < -0.39 is 54.8 Å². The smallest absolute Gasteiger partial charge is 0.326 e. The van der Waals surface area contributed by atoms with Gasteiger partial charge in [-0.15, -0.1) is 0 Å². The molecule has 7 amide bonds. The van der Waals surface area contributed by atoms with Crippen LogP contribution in [-0.2, 0) is 47.7 Å². The van der Waals surface area contributed by atoms with E-state index in [1.54, 1.807) is 31.2 Å². The number of unbranched alkanes of at least 4 members (excludes halogenated alkanes) is 4. The highest BCUT2D eigenvalue weighted by atomic mass is 16.5. The topological polar surface area (TPSA) is 335 Å². The summed E-state index contributed by atoms with van der Waals surface area (Å²) in [4.78, 5) is 106. The van der Waals surface area contributed by atoms with Crippen LogP contribution in [0.1, 0.15) is 98.3 Å². The quantitative estimate of drug-likeness (QED) is 0.0393. The van der Waals surface area contributed by atoms with E-state index in [1.165, 1.54) is 0 Å². The van der Waals surface area contributed by atoms with Crippen molar-refractivity contribution >= 4 is 53.5 Å². The summed E-state index contributed by atoms with van der Waals surface area (Å²) in [5.41, 5.74) is 0.798. The van der Waals surface area contributed by atoms with Crippen molar-refractivity contribution < 1.29 is 77.4 Å². The van der Waals surface area contributed by atoms with Gasteiger partial charge in [-0.1, -0.05) is 26.2 Å². The van der Waals surface area contributed by atoms with Gasteiger partial charge in [0.15, 0.2) is 0 Å². The van der Waals surface area contributed by atoms with Crippen LogP contribution in [0.3, 0.4) is 0 Å². The Labute approximate surface area is 378 Å². The number of carboxylic acid groups (broad SMARTS) is 3. The van der Waals surface area contributed by atoms with E-state index >= 15 is 0 Å². The molecular formula is C42H67N7O16. The molecule has 65 heavy (non-hydrogen) atoms. The summed E-state index contributed by atoms with van der Waals surface area (Å²) in [6, 6.07) is 2.13. The van der Waals surface area contributed by atoms with E-state index in [-0.39, 0.29) is 49.6 Å². The van der Waals surface area contributed by atoms with Crippen LogP contribution in [0.15, 0.2) is 24.3 Å². The van der Waals surface area contributed by atoms with Gasteiger partial charge >= 0.3 is 23.9 Å². The molecular weight excluding hydrogens is 858 g/mol. The minimum absolute atomic E-state index is 0.0288. The number of carbonyl (C=O) groups is 9. The second kappa shape index (κ2) is 36.4. The first-order chi connectivity index (χ1) is 31.2. The first kappa shape index (κ1) is 57.1. The fraction of sp³-hybridized carbons (Fsp3) is 0.643. The molecule has 1 aromatic carbocycles. The van der Waals surface area contributed by atoms with Crippen molar-refractivity contribution in [2.45, 2.75) is 89.6 Å². The van der Waals surface area contributed by atoms with Crippen molar-refractivity contribution in [3.05, 3.63) is 35.4 Å². The van der Waals surface area contributed by atoms with Crippen LogP contribution >= 0.6 is 0 Å². The lowest BCUT2D eigenvalue weighted by molar-refractivity contribution is -0.141. The molecule has 23 nitrogen and oxygen atoms in total. The number of rotatable bonds is 39. The second-order valence-electron chi connectivity index (χ2n) is 14.3. The van der Waals surface area contributed by atoms with Gasteiger partial charge in [-0.2, -0.15) is 0 Å². The predicted molar refractivity (Wildman–Crippen MR) is 232 cm³/mol. The van der Waals surface area contributed by atoms with Crippen LogP contribution in [-0.4, -0.2) is 166 Å².